The molecule has 0 saturated carbocycles. The highest BCUT2D eigenvalue weighted by molar-refractivity contribution is 14.1. The summed E-state index contributed by atoms with van der Waals surface area (Å²) < 4.78 is 0.614. The van der Waals surface area contributed by atoms with Crippen LogP contribution in [0.3, 0.4) is 0 Å². The highest BCUT2D eigenvalue weighted by atomic mass is 127. The van der Waals surface area contributed by atoms with Crippen molar-refractivity contribution >= 4 is 28.8 Å². The monoisotopic (exact) mass is 196 g/mol. The minimum absolute atomic E-state index is 0.614. The van der Waals surface area contributed by atoms with Crippen molar-refractivity contribution < 1.29 is 0 Å². The van der Waals surface area contributed by atoms with Crippen molar-refractivity contribution in [3.63, 3.8) is 0 Å². The zero-order valence-electron chi connectivity index (χ0n) is 3.19. The van der Waals surface area contributed by atoms with Crippen LogP contribution in [0.5, 0.6) is 0 Å². The van der Waals surface area contributed by atoms with Crippen molar-refractivity contribution in [3.05, 3.63) is 0 Å². The normalized spacial score (nSPS) is 30.5. The van der Waals surface area contributed by atoms with Gasteiger partial charge in [-0.2, -0.15) is 5.10 Å². The average Bonchev–Trinajstić information content (AvgIpc) is 1.86. The molecule has 1 rings (SSSR count). The molecule has 0 aromatic carbocycles. The highest BCUT2D eigenvalue weighted by Gasteiger charge is 2.01. The van der Waals surface area contributed by atoms with Crippen LogP contribution >= 0.6 is 22.6 Å². The maximum absolute atomic E-state index is 3.78. The molecule has 6 heavy (non-hydrogen) atoms. The number of rotatable bonds is 0. The molecule has 3 heteroatoms. The number of halogens is 1. The number of nitrogens with one attached hydrogen (secondary N) is 1. The van der Waals surface area contributed by atoms with E-state index in [0.717, 1.165) is 6.54 Å². The molecule has 0 aromatic heterocycles. The Morgan fingerprint density at radius 1 is 2.00 bits per heavy atom. The molecule has 0 saturated heterocycles. The Kier molecular flexibility index (Phi) is 1.29. The molecule has 0 aromatic rings. The Morgan fingerprint density at radius 2 is 2.83 bits per heavy atom. The average molecular weight is 196 g/mol. The third kappa shape index (κ3) is 0.830. The molecule has 1 N–H and O–H groups in total. The Labute approximate surface area is 50.1 Å². The van der Waals surface area contributed by atoms with Gasteiger partial charge < -0.3 is 5.43 Å². The van der Waals surface area contributed by atoms with Crippen LogP contribution in [-0.4, -0.2) is 16.7 Å². The van der Waals surface area contributed by atoms with Crippen LogP contribution in [0.15, 0.2) is 5.10 Å². The molecule has 0 spiro atoms. The van der Waals surface area contributed by atoms with Gasteiger partial charge in [0.1, 0.15) is 0 Å². The van der Waals surface area contributed by atoms with Crippen molar-refractivity contribution in [1.29, 1.82) is 0 Å². The predicted octanol–water partition coefficient (Wildman–Crippen LogP) is 0.379. The molecular weight excluding hydrogens is 191 g/mol. The first-order valence-electron chi connectivity index (χ1n) is 1.80. The summed E-state index contributed by atoms with van der Waals surface area (Å²) in [6, 6.07) is 0. The van der Waals surface area contributed by atoms with Gasteiger partial charge in [0.05, 0.1) is 3.92 Å². The molecule has 2 nitrogen and oxygen atoms in total. The Hall–Kier alpha value is 0.200. The van der Waals surface area contributed by atoms with E-state index < -0.39 is 0 Å². The van der Waals surface area contributed by atoms with Gasteiger partial charge in [0.15, 0.2) is 0 Å². The van der Waals surface area contributed by atoms with Gasteiger partial charge in [-0.3, -0.25) is 0 Å². The van der Waals surface area contributed by atoms with Gasteiger partial charge in [0.25, 0.3) is 0 Å². The zero-order valence-corrected chi connectivity index (χ0v) is 5.34. The molecule has 0 fully saturated rings. The van der Waals surface area contributed by atoms with Crippen LogP contribution in [0.4, 0.5) is 0 Å². The lowest BCUT2D eigenvalue weighted by Gasteiger charge is -1.86. The van der Waals surface area contributed by atoms with Gasteiger partial charge in [-0.05, 0) is 0 Å². The summed E-state index contributed by atoms with van der Waals surface area (Å²) >= 11 is 2.32. The van der Waals surface area contributed by atoms with E-state index in [2.05, 4.69) is 33.1 Å². The molecule has 0 amide bonds. The number of hydrazone groups is 1. The number of nitrogens with zero attached hydrogens (tertiary/aromatic N) is 1. The van der Waals surface area contributed by atoms with Crippen LogP contribution in [-0.2, 0) is 0 Å². The fourth-order valence-electron chi connectivity index (χ4n) is 0.326. The summed E-state index contributed by atoms with van der Waals surface area (Å²) in [5.41, 5.74) is 2.83. The Bertz CT molecular complexity index is 71.2. The molecular formula is C3H5IN2. The molecule has 1 aliphatic rings. The van der Waals surface area contributed by atoms with Crippen LogP contribution in [0, 0.1) is 0 Å². The van der Waals surface area contributed by atoms with Gasteiger partial charge in [-0.25, -0.2) is 0 Å². The highest BCUT2D eigenvalue weighted by Crippen LogP contribution is 1.97. The third-order valence-corrected chi connectivity index (χ3v) is 1.38. The van der Waals surface area contributed by atoms with E-state index in [-0.39, 0.29) is 0 Å². The predicted molar refractivity (Wildman–Crippen MR) is 34.3 cm³/mol. The SMILES string of the molecule is IC1C=NNC1. The topological polar surface area (TPSA) is 24.4 Å². The fourth-order valence-corrected chi connectivity index (χ4v) is 0.684. The molecule has 0 bridgehead atoms. The summed E-state index contributed by atoms with van der Waals surface area (Å²) in [6.45, 7) is 1.00. The van der Waals surface area contributed by atoms with Crippen molar-refractivity contribution in [2.45, 2.75) is 3.92 Å². The second-order valence-corrected chi connectivity index (χ2v) is 2.76. The van der Waals surface area contributed by atoms with E-state index >= 15 is 0 Å². The smallest absolute Gasteiger partial charge is 0.0669 e. The lowest BCUT2D eigenvalue weighted by molar-refractivity contribution is 0.825. The maximum atomic E-state index is 3.78. The van der Waals surface area contributed by atoms with Gasteiger partial charge in [0, 0.05) is 12.8 Å². The van der Waals surface area contributed by atoms with E-state index in [1.165, 1.54) is 0 Å². The summed E-state index contributed by atoms with van der Waals surface area (Å²) in [5.74, 6) is 0. The van der Waals surface area contributed by atoms with Crippen LogP contribution in [0.25, 0.3) is 0 Å². The number of hydrogen-bond acceptors (Lipinski definition) is 2. The summed E-state index contributed by atoms with van der Waals surface area (Å²) in [6.07, 6.45) is 1.90. The van der Waals surface area contributed by atoms with Crippen molar-refractivity contribution in [3.8, 4) is 0 Å². The Balaban J connectivity index is 2.38. The zero-order chi connectivity index (χ0) is 4.41. The third-order valence-electron chi connectivity index (χ3n) is 0.614. The van der Waals surface area contributed by atoms with E-state index in [9.17, 15) is 0 Å². The molecule has 34 valence electrons. The second kappa shape index (κ2) is 1.77. The maximum Gasteiger partial charge on any atom is 0.0669 e. The standard InChI is InChI=1S/C3H5IN2/c4-3-1-5-6-2-3/h1,3,6H,2H2. The minimum atomic E-state index is 0.614. The van der Waals surface area contributed by atoms with E-state index in [1.807, 2.05) is 6.21 Å². The fraction of sp³-hybridized carbons (Fsp3) is 0.667. The quantitative estimate of drug-likeness (QED) is 0.439. The summed E-state index contributed by atoms with van der Waals surface area (Å²) in [5, 5.41) is 3.78. The molecule has 0 aliphatic carbocycles. The van der Waals surface area contributed by atoms with Crippen molar-refractivity contribution in [1.82, 2.24) is 5.43 Å². The number of alkyl halides is 1. The van der Waals surface area contributed by atoms with Gasteiger partial charge >= 0.3 is 0 Å². The van der Waals surface area contributed by atoms with Crippen molar-refractivity contribution in [2.24, 2.45) is 5.10 Å². The summed E-state index contributed by atoms with van der Waals surface area (Å²) in [7, 11) is 0. The summed E-state index contributed by atoms with van der Waals surface area (Å²) in [4.78, 5) is 0. The van der Waals surface area contributed by atoms with Crippen molar-refractivity contribution in [2.75, 3.05) is 6.54 Å². The van der Waals surface area contributed by atoms with Crippen LogP contribution < -0.4 is 5.43 Å². The van der Waals surface area contributed by atoms with Gasteiger partial charge in [-0.15, -0.1) is 0 Å². The van der Waals surface area contributed by atoms with Gasteiger partial charge in [-0.1, -0.05) is 22.6 Å². The largest absolute Gasteiger partial charge is 0.309 e. The molecule has 1 unspecified atom stereocenters. The van der Waals surface area contributed by atoms with E-state index in [0.29, 0.717) is 3.92 Å². The number of hydrogen-bond donors (Lipinski definition) is 1. The van der Waals surface area contributed by atoms with E-state index in [1.54, 1.807) is 0 Å². The molecule has 1 heterocycles. The first kappa shape index (κ1) is 4.36. The second-order valence-electron chi connectivity index (χ2n) is 1.16. The molecule has 1 aliphatic heterocycles. The lowest BCUT2D eigenvalue weighted by atomic mass is 10.5. The van der Waals surface area contributed by atoms with Crippen LogP contribution in [0.1, 0.15) is 0 Å². The first-order valence-corrected chi connectivity index (χ1v) is 3.04. The molecule has 1 atom stereocenters. The molecule has 0 radical (unpaired) electrons. The first-order chi connectivity index (χ1) is 2.89. The minimum Gasteiger partial charge on any atom is -0.309 e. The van der Waals surface area contributed by atoms with Crippen LogP contribution in [0.2, 0.25) is 0 Å². The lowest BCUT2D eigenvalue weighted by Crippen LogP contribution is -2.07. The van der Waals surface area contributed by atoms with Gasteiger partial charge in [0.2, 0.25) is 0 Å². The van der Waals surface area contributed by atoms with E-state index in [4.69, 9.17) is 0 Å². The Morgan fingerprint density at radius 3 is 3.00 bits per heavy atom.